The highest BCUT2D eigenvalue weighted by Crippen LogP contribution is 2.24. The lowest BCUT2D eigenvalue weighted by Gasteiger charge is -2.30. The second kappa shape index (κ2) is 6.45. The van der Waals surface area contributed by atoms with Crippen molar-refractivity contribution in [1.82, 2.24) is 20.5 Å². The van der Waals surface area contributed by atoms with E-state index in [1.54, 1.807) is 0 Å². The number of nitrogens with one attached hydrogen (secondary N) is 2. The number of H-pyrrole nitrogens is 1. The van der Waals surface area contributed by atoms with E-state index in [2.05, 4.69) is 25.4 Å². The molecule has 0 aliphatic carbocycles. The molecule has 2 N–H and O–H groups in total. The van der Waals surface area contributed by atoms with Crippen LogP contribution in [0.4, 0.5) is 5.95 Å². The Bertz CT molecular complexity index is 589. The maximum Gasteiger partial charge on any atom is 0.245 e. The van der Waals surface area contributed by atoms with Gasteiger partial charge in [-0.05, 0) is 44.5 Å². The number of benzene rings is 1. The number of anilines is 1. The van der Waals surface area contributed by atoms with Gasteiger partial charge in [0.25, 0.3) is 0 Å². The molecule has 1 aliphatic rings. The molecule has 2 heterocycles. The number of hydrogen-bond acceptors (Lipinski definition) is 4. The van der Waals surface area contributed by atoms with Gasteiger partial charge in [0.05, 0.1) is 0 Å². The number of rotatable bonds is 4. The Morgan fingerprint density at radius 2 is 2.19 bits per heavy atom. The number of halogens is 1. The zero-order chi connectivity index (χ0) is 14.7. The Morgan fingerprint density at radius 1 is 1.38 bits per heavy atom. The molecule has 1 aliphatic heterocycles. The van der Waals surface area contributed by atoms with Crippen LogP contribution < -0.4 is 10.2 Å². The molecule has 0 spiro atoms. The van der Waals surface area contributed by atoms with E-state index in [4.69, 9.17) is 11.6 Å². The van der Waals surface area contributed by atoms with Crippen LogP contribution in [0.2, 0.25) is 5.02 Å². The summed E-state index contributed by atoms with van der Waals surface area (Å²) in [6, 6.07) is 7.65. The molecule has 3 rings (SSSR count). The van der Waals surface area contributed by atoms with Gasteiger partial charge in [-0.15, -0.1) is 5.10 Å². The van der Waals surface area contributed by atoms with Crippen molar-refractivity contribution in [2.45, 2.75) is 12.8 Å². The summed E-state index contributed by atoms with van der Waals surface area (Å²) in [5.41, 5.74) is 0.964. The van der Waals surface area contributed by atoms with Gasteiger partial charge in [0, 0.05) is 23.7 Å². The number of hydrogen-bond donors (Lipinski definition) is 2. The zero-order valence-electron chi connectivity index (χ0n) is 12.1. The largest absolute Gasteiger partial charge is 0.340 e. The Morgan fingerprint density at radius 3 is 2.90 bits per heavy atom. The highest BCUT2D eigenvalue weighted by atomic mass is 35.5. The van der Waals surface area contributed by atoms with E-state index >= 15 is 0 Å². The number of aromatic amines is 1. The number of aromatic nitrogens is 3. The molecule has 6 heteroatoms. The lowest BCUT2D eigenvalue weighted by atomic mass is 9.97. The van der Waals surface area contributed by atoms with Crippen molar-refractivity contribution in [3.8, 4) is 11.4 Å². The van der Waals surface area contributed by atoms with Crippen LogP contribution in [0.15, 0.2) is 24.3 Å². The molecule has 0 unspecified atom stereocenters. The first-order valence-corrected chi connectivity index (χ1v) is 7.72. The first kappa shape index (κ1) is 14.4. The van der Waals surface area contributed by atoms with Crippen LogP contribution in [-0.4, -0.2) is 41.9 Å². The lowest BCUT2D eigenvalue weighted by Crippen LogP contribution is -2.37. The van der Waals surface area contributed by atoms with E-state index in [1.807, 2.05) is 31.3 Å². The SMILES string of the molecule is CNCC1CCN(c2n[nH]c(-c3cccc(Cl)c3)n2)CC1. The van der Waals surface area contributed by atoms with Gasteiger partial charge in [-0.2, -0.15) is 4.98 Å². The number of nitrogens with zero attached hydrogens (tertiary/aromatic N) is 3. The Kier molecular flexibility index (Phi) is 4.41. The van der Waals surface area contributed by atoms with Crippen molar-refractivity contribution in [3.05, 3.63) is 29.3 Å². The second-order valence-electron chi connectivity index (χ2n) is 5.48. The average Bonchev–Trinajstić information content (AvgIpc) is 2.98. The fraction of sp³-hybridized carbons (Fsp3) is 0.467. The topological polar surface area (TPSA) is 56.8 Å². The van der Waals surface area contributed by atoms with E-state index in [-0.39, 0.29) is 0 Å². The van der Waals surface area contributed by atoms with Gasteiger partial charge >= 0.3 is 0 Å². The molecule has 0 bridgehead atoms. The predicted molar refractivity (Wildman–Crippen MR) is 85.7 cm³/mol. The van der Waals surface area contributed by atoms with Crippen LogP contribution in [0.1, 0.15) is 12.8 Å². The standard InChI is InChI=1S/C15H20ClN5/c1-17-10-11-5-7-21(8-6-11)15-18-14(19-20-15)12-3-2-4-13(16)9-12/h2-4,9,11,17H,5-8,10H2,1H3,(H,18,19,20). The van der Waals surface area contributed by atoms with Crippen molar-refractivity contribution in [2.24, 2.45) is 5.92 Å². The van der Waals surface area contributed by atoms with Gasteiger partial charge in [-0.25, -0.2) is 0 Å². The monoisotopic (exact) mass is 305 g/mol. The summed E-state index contributed by atoms with van der Waals surface area (Å²) in [6.07, 6.45) is 2.36. The van der Waals surface area contributed by atoms with Crippen LogP contribution in [0.3, 0.4) is 0 Å². The molecular formula is C15H20ClN5. The summed E-state index contributed by atoms with van der Waals surface area (Å²) in [5.74, 6) is 2.32. The molecule has 2 aromatic rings. The van der Waals surface area contributed by atoms with Crippen molar-refractivity contribution in [2.75, 3.05) is 31.6 Å². The molecule has 0 radical (unpaired) electrons. The smallest absolute Gasteiger partial charge is 0.245 e. The fourth-order valence-corrected chi connectivity index (χ4v) is 2.98. The van der Waals surface area contributed by atoms with E-state index in [9.17, 15) is 0 Å². The van der Waals surface area contributed by atoms with Crippen LogP contribution in [-0.2, 0) is 0 Å². The quantitative estimate of drug-likeness (QED) is 0.911. The predicted octanol–water partition coefficient (Wildman–Crippen LogP) is 2.56. The Labute approximate surface area is 129 Å². The van der Waals surface area contributed by atoms with Gasteiger partial charge in [-0.3, -0.25) is 5.10 Å². The molecule has 0 atom stereocenters. The minimum absolute atomic E-state index is 0.707. The van der Waals surface area contributed by atoms with Crippen LogP contribution >= 0.6 is 11.6 Å². The summed E-state index contributed by atoms with van der Waals surface area (Å²) in [4.78, 5) is 6.85. The summed E-state index contributed by atoms with van der Waals surface area (Å²) in [7, 11) is 2.01. The highest BCUT2D eigenvalue weighted by molar-refractivity contribution is 6.30. The van der Waals surface area contributed by atoms with Gasteiger partial charge in [0.15, 0.2) is 5.82 Å². The zero-order valence-corrected chi connectivity index (χ0v) is 12.9. The third-order valence-corrected chi connectivity index (χ3v) is 4.20. The maximum atomic E-state index is 6.02. The van der Waals surface area contributed by atoms with Crippen molar-refractivity contribution >= 4 is 17.5 Å². The summed E-state index contributed by atoms with van der Waals surface area (Å²) < 4.78 is 0. The summed E-state index contributed by atoms with van der Waals surface area (Å²) in [5, 5.41) is 11.3. The van der Waals surface area contributed by atoms with Gasteiger partial charge in [-0.1, -0.05) is 23.7 Å². The molecular weight excluding hydrogens is 286 g/mol. The molecule has 1 aromatic heterocycles. The van der Waals surface area contributed by atoms with Gasteiger partial charge in [0.1, 0.15) is 0 Å². The van der Waals surface area contributed by atoms with E-state index in [0.717, 1.165) is 42.9 Å². The molecule has 0 amide bonds. The van der Waals surface area contributed by atoms with Crippen molar-refractivity contribution in [1.29, 1.82) is 0 Å². The number of piperidine rings is 1. The van der Waals surface area contributed by atoms with Gasteiger partial charge in [0.2, 0.25) is 5.95 Å². The second-order valence-corrected chi connectivity index (χ2v) is 5.92. The van der Waals surface area contributed by atoms with Crippen LogP contribution in [0.5, 0.6) is 0 Å². The summed E-state index contributed by atoms with van der Waals surface area (Å²) >= 11 is 6.02. The molecule has 5 nitrogen and oxygen atoms in total. The van der Waals surface area contributed by atoms with Crippen molar-refractivity contribution in [3.63, 3.8) is 0 Å². The van der Waals surface area contributed by atoms with Crippen LogP contribution in [0.25, 0.3) is 11.4 Å². The minimum atomic E-state index is 0.707. The highest BCUT2D eigenvalue weighted by Gasteiger charge is 2.21. The summed E-state index contributed by atoms with van der Waals surface area (Å²) in [6.45, 7) is 3.12. The fourth-order valence-electron chi connectivity index (χ4n) is 2.79. The third-order valence-electron chi connectivity index (χ3n) is 3.96. The molecule has 1 fully saturated rings. The third kappa shape index (κ3) is 3.36. The lowest BCUT2D eigenvalue weighted by molar-refractivity contribution is 0.391. The van der Waals surface area contributed by atoms with Crippen LogP contribution in [0, 0.1) is 5.92 Å². The molecule has 1 aromatic carbocycles. The Balaban J connectivity index is 1.68. The van der Waals surface area contributed by atoms with Crippen molar-refractivity contribution < 1.29 is 0 Å². The van der Waals surface area contributed by atoms with E-state index in [0.29, 0.717) is 5.02 Å². The molecule has 112 valence electrons. The van der Waals surface area contributed by atoms with E-state index in [1.165, 1.54) is 12.8 Å². The van der Waals surface area contributed by atoms with E-state index < -0.39 is 0 Å². The first-order valence-electron chi connectivity index (χ1n) is 7.34. The average molecular weight is 306 g/mol. The van der Waals surface area contributed by atoms with Gasteiger partial charge < -0.3 is 10.2 Å². The Hall–Kier alpha value is -1.59. The molecule has 1 saturated heterocycles. The molecule has 0 saturated carbocycles. The minimum Gasteiger partial charge on any atom is -0.340 e. The first-order chi connectivity index (χ1) is 10.3. The maximum absolute atomic E-state index is 6.02. The molecule has 21 heavy (non-hydrogen) atoms. The normalized spacial score (nSPS) is 16.4.